The van der Waals surface area contributed by atoms with Crippen LogP contribution in [0.15, 0.2) is 0 Å². The average molecular weight is 240 g/mol. The van der Waals surface area contributed by atoms with Crippen LogP contribution in [0.4, 0.5) is 4.79 Å². The second kappa shape index (κ2) is 4.55. The number of carboxylic acid groups (broad SMARTS) is 1. The molecule has 2 aliphatic rings. The number of hydrogen-bond donors (Lipinski definition) is 3. The summed E-state index contributed by atoms with van der Waals surface area (Å²) in [5.41, 5.74) is -0.681. The molecule has 0 aliphatic heterocycles. The van der Waals surface area contributed by atoms with Gasteiger partial charge in [-0.05, 0) is 37.5 Å². The van der Waals surface area contributed by atoms with Crippen LogP contribution in [0.1, 0.15) is 32.6 Å². The van der Waals surface area contributed by atoms with E-state index >= 15 is 0 Å². The molecular formula is C12H20N2O3. The Bertz CT molecular complexity index is 322. The van der Waals surface area contributed by atoms with Gasteiger partial charge in [-0.1, -0.05) is 6.92 Å². The van der Waals surface area contributed by atoms with Gasteiger partial charge in [0.05, 0.1) is 5.41 Å². The van der Waals surface area contributed by atoms with Gasteiger partial charge < -0.3 is 15.7 Å². The largest absolute Gasteiger partial charge is 0.481 e. The van der Waals surface area contributed by atoms with Crippen molar-refractivity contribution in [2.24, 2.45) is 17.3 Å². The van der Waals surface area contributed by atoms with Gasteiger partial charge in [-0.2, -0.15) is 0 Å². The first-order valence-corrected chi connectivity index (χ1v) is 6.29. The quantitative estimate of drug-likeness (QED) is 0.652. The number of carbonyl (C=O) groups excluding carboxylic acids is 1. The van der Waals surface area contributed by atoms with Gasteiger partial charge in [-0.25, -0.2) is 4.79 Å². The van der Waals surface area contributed by atoms with Crippen molar-refractivity contribution in [1.82, 2.24) is 10.6 Å². The van der Waals surface area contributed by atoms with Crippen LogP contribution in [0.25, 0.3) is 0 Å². The molecule has 5 heteroatoms. The van der Waals surface area contributed by atoms with Crippen LogP contribution >= 0.6 is 0 Å². The summed E-state index contributed by atoms with van der Waals surface area (Å²) < 4.78 is 0. The number of urea groups is 1. The number of nitrogens with one attached hydrogen (secondary N) is 2. The summed E-state index contributed by atoms with van der Waals surface area (Å²) in [4.78, 5) is 22.4. The fraction of sp³-hybridized carbons (Fsp3) is 0.833. The fourth-order valence-corrected chi connectivity index (χ4v) is 2.01. The molecule has 5 nitrogen and oxygen atoms in total. The van der Waals surface area contributed by atoms with E-state index in [1.807, 2.05) is 0 Å². The lowest BCUT2D eigenvalue weighted by molar-refractivity contribution is -0.143. The topological polar surface area (TPSA) is 78.4 Å². The van der Waals surface area contributed by atoms with Crippen molar-refractivity contribution in [2.75, 3.05) is 13.1 Å². The summed E-state index contributed by atoms with van der Waals surface area (Å²) in [5.74, 6) is 0.489. The highest BCUT2D eigenvalue weighted by atomic mass is 16.4. The van der Waals surface area contributed by atoms with Crippen LogP contribution in [-0.4, -0.2) is 30.2 Å². The van der Waals surface area contributed by atoms with Gasteiger partial charge >= 0.3 is 12.0 Å². The molecule has 2 rings (SSSR count). The maximum Gasteiger partial charge on any atom is 0.314 e. The molecule has 2 saturated carbocycles. The zero-order valence-corrected chi connectivity index (χ0v) is 10.2. The highest BCUT2D eigenvalue weighted by Gasteiger charge is 2.50. The molecule has 2 amide bonds. The van der Waals surface area contributed by atoms with E-state index in [0.717, 1.165) is 5.92 Å². The Morgan fingerprint density at radius 2 is 2.00 bits per heavy atom. The maximum atomic E-state index is 11.5. The van der Waals surface area contributed by atoms with Crippen molar-refractivity contribution >= 4 is 12.0 Å². The minimum Gasteiger partial charge on any atom is -0.481 e. The molecule has 0 radical (unpaired) electrons. The molecule has 0 saturated heterocycles. The van der Waals surface area contributed by atoms with E-state index in [1.54, 1.807) is 0 Å². The number of carboxylic acids is 1. The molecule has 1 atom stereocenters. The van der Waals surface area contributed by atoms with Crippen molar-refractivity contribution in [3.63, 3.8) is 0 Å². The first kappa shape index (κ1) is 12.2. The third-order valence-electron chi connectivity index (χ3n) is 3.91. The molecule has 3 N–H and O–H groups in total. The van der Waals surface area contributed by atoms with Crippen LogP contribution in [-0.2, 0) is 4.79 Å². The highest BCUT2D eigenvalue weighted by molar-refractivity contribution is 5.80. The van der Waals surface area contributed by atoms with Gasteiger partial charge in [0.2, 0.25) is 0 Å². The lowest BCUT2D eigenvalue weighted by Gasteiger charge is -2.14. The highest BCUT2D eigenvalue weighted by Crippen LogP contribution is 2.45. The van der Waals surface area contributed by atoms with E-state index in [9.17, 15) is 9.59 Å². The van der Waals surface area contributed by atoms with Crippen molar-refractivity contribution in [1.29, 1.82) is 0 Å². The third kappa shape index (κ3) is 3.11. The lowest BCUT2D eigenvalue weighted by Crippen LogP contribution is -2.42. The molecule has 17 heavy (non-hydrogen) atoms. The predicted octanol–water partition coefficient (Wildman–Crippen LogP) is 1.20. The Morgan fingerprint density at radius 1 is 1.35 bits per heavy atom. The third-order valence-corrected chi connectivity index (χ3v) is 3.91. The Morgan fingerprint density at radius 3 is 2.47 bits per heavy atom. The standard InChI is InChI=1S/C12H20N2O3/c1-8(9-2-3-9)6-13-11(17)14-7-12(4-5-12)10(15)16/h8-9H,2-7H2,1H3,(H,15,16)(H2,13,14,17). The fourth-order valence-electron chi connectivity index (χ4n) is 2.01. The van der Waals surface area contributed by atoms with Crippen molar-refractivity contribution in [3.8, 4) is 0 Å². The summed E-state index contributed by atoms with van der Waals surface area (Å²) in [5, 5.41) is 14.4. The van der Waals surface area contributed by atoms with Gasteiger partial charge in [0, 0.05) is 13.1 Å². The minimum absolute atomic E-state index is 0.242. The normalized spacial score (nSPS) is 22.6. The molecule has 2 aliphatic carbocycles. The summed E-state index contributed by atoms with van der Waals surface area (Å²) in [6, 6.07) is -0.245. The van der Waals surface area contributed by atoms with Crippen molar-refractivity contribution in [2.45, 2.75) is 32.6 Å². The van der Waals surface area contributed by atoms with Crippen LogP contribution in [0, 0.1) is 17.3 Å². The molecule has 0 aromatic heterocycles. The molecule has 1 unspecified atom stereocenters. The van der Waals surface area contributed by atoms with Gasteiger partial charge in [0.1, 0.15) is 0 Å². The second-order valence-electron chi connectivity index (χ2n) is 5.46. The molecule has 0 aromatic rings. The maximum absolute atomic E-state index is 11.5. The molecule has 2 fully saturated rings. The number of aliphatic carboxylic acids is 1. The zero-order valence-electron chi connectivity index (χ0n) is 10.2. The number of rotatable bonds is 6. The van der Waals surface area contributed by atoms with E-state index in [-0.39, 0.29) is 12.6 Å². The van der Waals surface area contributed by atoms with Gasteiger partial charge in [-0.3, -0.25) is 4.79 Å². The Kier molecular flexibility index (Phi) is 3.26. The average Bonchev–Trinajstić information content (AvgIpc) is 3.16. The number of amides is 2. The van der Waals surface area contributed by atoms with E-state index in [4.69, 9.17) is 5.11 Å². The lowest BCUT2D eigenvalue weighted by atomic mass is 10.1. The molecule has 0 aromatic carbocycles. The Labute approximate surface area is 101 Å². The predicted molar refractivity (Wildman–Crippen MR) is 62.6 cm³/mol. The molecule has 0 spiro atoms. The minimum atomic E-state index is -0.802. The van der Waals surface area contributed by atoms with Crippen molar-refractivity contribution < 1.29 is 14.7 Å². The molecule has 0 heterocycles. The summed E-state index contributed by atoms with van der Waals surface area (Å²) in [7, 11) is 0. The Hall–Kier alpha value is -1.26. The van der Waals surface area contributed by atoms with Gasteiger partial charge in [-0.15, -0.1) is 0 Å². The summed E-state index contributed by atoms with van der Waals surface area (Å²) in [6.07, 6.45) is 3.88. The molecule has 96 valence electrons. The van der Waals surface area contributed by atoms with Crippen LogP contribution in [0.5, 0.6) is 0 Å². The van der Waals surface area contributed by atoms with Crippen LogP contribution < -0.4 is 10.6 Å². The van der Waals surface area contributed by atoms with Crippen molar-refractivity contribution in [3.05, 3.63) is 0 Å². The SMILES string of the molecule is CC(CNC(=O)NCC1(C(=O)O)CC1)C1CC1. The summed E-state index contributed by atoms with van der Waals surface area (Å²) >= 11 is 0. The van der Waals surface area contributed by atoms with E-state index in [1.165, 1.54) is 12.8 Å². The zero-order chi connectivity index (χ0) is 12.5. The molecular weight excluding hydrogens is 220 g/mol. The Balaban J connectivity index is 1.62. The second-order valence-corrected chi connectivity index (χ2v) is 5.46. The van der Waals surface area contributed by atoms with E-state index < -0.39 is 11.4 Å². The first-order chi connectivity index (χ1) is 8.03. The van der Waals surface area contributed by atoms with Gasteiger partial charge in [0.15, 0.2) is 0 Å². The first-order valence-electron chi connectivity index (χ1n) is 6.29. The number of hydrogen-bond acceptors (Lipinski definition) is 2. The smallest absolute Gasteiger partial charge is 0.314 e. The number of carbonyl (C=O) groups is 2. The monoisotopic (exact) mass is 240 g/mol. The van der Waals surface area contributed by atoms with Gasteiger partial charge in [0.25, 0.3) is 0 Å². The van der Waals surface area contributed by atoms with Crippen LogP contribution in [0.2, 0.25) is 0 Å². The summed E-state index contributed by atoms with van der Waals surface area (Å²) in [6.45, 7) is 3.06. The van der Waals surface area contributed by atoms with E-state index in [2.05, 4.69) is 17.6 Å². The molecule has 0 bridgehead atoms. The van der Waals surface area contributed by atoms with Crippen LogP contribution in [0.3, 0.4) is 0 Å². The van der Waals surface area contributed by atoms with E-state index in [0.29, 0.717) is 25.3 Å².